The lowest BCUT2D eigenvalue weighted by molar-refractivity contribution is 0.0862. The highest BCUT2D eigenvalue weighted by molar-refractivity contribution is 6.00. The van der Waals surface area contributed by atoms with Gasteiger partial charge in [0.2, 0.25) is 0 Å². The van der Waals surface area contributed by atoms with Gasteiger partial charge in [-0.3, -0.25) is 4.79 Å². The van der Waals surface area contributed by atoms with Crippen molar-refractivity contribution in [3.8, 4) is 0 Å². The summed E-state index contributed by atoms with van der Waals surface area (Å²) < 4.78 is 5.47. The molecule has 5 heteroatoms. The Morgan fingerprint density at radius 1 is 1.38 bits per heavy atom. The summed E-state index contributed by atoms with van der Waals surface area (Å²) in [6.45, 7) is 2.67. The molecular weight excluding hydrogens is 266 g/mol. The average molecular weight is 285 g/mol. The van der Waals surface area contributed by atoms with E-state index < -0.39 is 0 Å². The molecule has 2 N–H and O–H groups in total. The van der Waals surface area contributed by atoms with Gasteiger partial charge in [0.25, 0.3) is 5.91 Å². The summed E-state index contributed by atoms with van der Waals surface area (Å²) in [5, 5.41) is 8.06. The molecule has 1 amide bonds. The monoisotopic (exact) mass is 285 g/mol. The van der Waals surface area contributed by atoms with Gasteiger partial charge in [0.1, 0.15) is 11.5 Å². The molecule has 110 valence electrons. The lowest BCUT2D eigenvalue weighted by Gasteiger charge is -2.16. The number of fused-ring (bicyclic) bond motifs is 1. The van der Waals surface area contributed by atoms with Gasteiger partial charge in [-0.1, -0.05) is 24.3 Å². The summed E-state index contributed by atoms with van der Waals surface area (Å²) in [6.07, 6.45) is 0.900. The first-order valence-corrected chi connectivity index (χ1v) is 7.19. The van der Waals surface area contributed by atoms with E-state index in [1.54, 1.807) is 0 Å². The second kappa shape index (κ2) is 5.69. The van der Waals surface area contributed by atoms with E-state index in [9.17, 15) is 4.79 Å². The van der Waals surface area contributed by atoms with E-state index in [0.29, 0.717) is 18.1 Å². The van der Waals surface area contributed by atoms with Crippen molar-refractivity contribution in [1.29, 1.82) is 0 Å². The summed E-state index contributed by atoms with van der Waals surface area (Å²) in [4.78, 5) is 16.8. The van der Waals surface area contributed by atoms with Gasteiger partial charge in [-0.25, -0.2) is 4.98 Å². The number of nitrogens with one attached hydrogen (secondary N) is 2. The number of amides is 1. The molecule has 0 spiro atoms. The number of carbonyl (C=O) groups is 1. The van der Waals surface area contributed by atoms with Gasteiger partial charge in [0, 0.05) is 19.0 Å². The number of hydrogen-bond donors (Lipinski definition) is 2. The minimum Gasteiger partial charge on any atom is -0.376 e. The van der Waals surface area contributed by atoms with Gasteiger partial charge in [-0.2, -0.15) is 0 Å². The molecule has 2 atom stereocenters. The van der Waals surface area contributed by atoms with E-state index in [0.717, 1.165) is 17.2 Å². The van der Waals surface area contributed by atoms with Crippen molar-refractivity contribution in [3.63, 3.8) is 0 Å². The molecule has 0 radical (unpaired) electrons. The van der Waals surface area contributed by atoms with Crippen LogP contribution in [0.15, 0.2) is 30.3 Å². The number of aromatic nitrogens is 1. The molecule has 2 unspecified atom stereocenters. The lowest BCUT2D eigenvalue weighted by atomic mass is 10.1. The third-order valence-electron chi connectivity index (χ3n) is 3.90. The molecule has 1 aliphatic heterocycles. The minimum atomic E-state index is -0.153. The molecule has 2 heterocycles. The van der Waals surface area contributed by atoms with Crippen molar-refractivity contribution < 1.29 is 9.53 Å². The zero-order valence-electron chi connectivity index (χ0n) is 12.2. The quantitative estimate of drug-likeness (QED) is 0.907. The first kappa shape index (κ1) is 13.8. The van der Waals surface area contributed by atoms with Gasteiger partial charge >= 0.3 is 0 Å². The van der Waals surface area contributed by atoms with Crippen LogP contribution in [-0.2, 0) is 4.74 Å². The Morgan fingerprint density at radius 2 is 2.19 bits per heavy atom. The van der Waals surface area contributed by atoms with Gasteiger partial charge in [-0.05, 0) is 24.8 Å². The fraction of sp³-hybridized carbons (Fsp3) is 0.375. The average Bonchev–Trinajstić information content (AvgIpc) is 2.91. The van der Waals surface area contributed by atoms with Gasteiger partial charge < -0.3 is 15.4 Å². The molecule has 5 nitrogen and oxygen atoms in total. The zero-order valence-corrected chi connectivity index (χ0v) is 12.2. The number of nitrogens with zero attached hydrogens (tertiary/aromatic N) is 1. The van der Waals surface area contributed by atoms with Crippen molar-refractivity contribution in [2.75, 3.05) is 19.0 Å². The maximum Gasteiger partial charge on any atom is 0.270 e. The second-order valence-electron chi connectivity index (χ2n) is 5.27. The standard InChI is InChI=1S/C16H19N3O2/c1-10-13(7-8-21-10)19-16(20)14-9-11-5-3-4-6-12(11)15(17-2)18-14/h3-6,9-10,13H,7-8H2,1-2H3,(H,17,18)(H,19,20). The Labute approximate surface area is 123 Å². The lowest BCUT2D eigenvalue weighted by Crippen LogP contribution is -2.39. The van der Waals surface area contributed by atoms with Crippen LogP contribution in [0.25, 0.3) is 10.8 Å². The van der Waals surface area contributed by atoms with Crippen LogP contribution in [0.3, 0.4) is 0 Å². The zero-order chi connectivity index (χ0) is 14.8. The molecule has 2 aromatic rings. The van der Waals surface area contributed by atoms with Crippen LogP contribution in [0.4, 0.5) is 5.82 Å². The molecule has 3 rings (SSSR count). The number of anilines is 1. The Bertz CT molecular complexity index is 672. The number of pyridine rings is 1. The Hall–Kier alpha value is -2.14. The van der Waals surface area contributed by atoms with Crippen LogP contribution in [0.2, 0.25) is 0 Å². The smallest absolute Gasteiger partial charge is 0.270 e. The van der Waals surface area contributed by atoms with Crippen LogP contribution in [-0.4, -0.2) is 36.7 Å². The summed E-state index contributed by atoms with van der Waals surface area (Å²) in [7, 11) is 1.81. The van der Waals surface area contributed by atoms with Crippen molar-refractivity contribution in [3.05, 3.63) is 36.0 Å². The van der Waals surface area contributed by atoms with E-state index in [1.165, 1.54) is 0 Å². The van der Waals surface area contributed by atoms with Crippen molar-refractivity contribution in [2.45, 2.75) is 25.5 Å². The number of benzene rings is 1. The third-order valence-corrected chi connectivity index (χ3v) is 3.90. The molecule has 1 aliphatic rings. The second-order valence-corrected chi connectivity index (χ2v) is 5.27. The largest absolute Gasteiger partial charge is 0.376 e. The van der Waals surface area contributed by atoms with E-state index in [1.807, 2.05) is 44.3 Å². The normalized spacial score (nSPS) is 21.4. The summed E-state index contributed by atoms with van der Waals surface area (Å²) in [6, 6.07) is 9.77. The number of ether oxygens (including phenoxy) is 1. The van der Waals surface area contributed by atoms with E-state index in [4.69, 9.17) is 4.74 Å². The van der Waals surface area contributed by atoms with Gasteiger partial charge in [0.15, 0.2) is 0 Å². The molecule has 1 aromatic heterocycles. The van der Waals surface area contributed by atoms with Crippen molar-refractivity contribution in [1.82, 2.24) is 10.3 Å². The van der Waals surface area contributed by atoms with Crippen LogP contribution in [0.1, 0.15) is 23.8 Å². The predicted octanol–water partition coefficient (Wildman–Crippen LogP) is 2.18. The fourth-order valence-corrected chi connectivity index (χ4v) is 2.67. The van der Waals surface area contributed by atoms with E-state index in [2.05, 4.69) is 15.6 Å². The van der Waals surface area contributed by atoms with Crippen LogP contribution >= 0.6 is 0 Å². The van der Waals surface area contributed by atoms with Gasteiger partial charge in [0.05, 0.1) is 12.1 Å². The van der Waals surface area contributed by atoms with Crippen LogP contribution in [0, 0.1) is 0 Å². The van der Waals surface area contributed by atoms with Gasteiger partial charge in [-0.15, -0.1) is 0 Å². The van der Waals surface area contributed by atoms with E-state index >= 15 is 0 Å². The van der Waals surface area contributed by atoms with Crippen molar-refractivity contribution >= 4 is 22.5 Å². The van der Waals surface area contributed by atoms with Crippen molar-refractivity contribution in [2.24, 2.45) is 0 Å². The summed E-state index contributed by atoms with van der Waals surface area (Å²) in [5.41, 5.74) is 0.428. The Kier molecular flexibility index (Phi) is 3.75. The number of carbonyl (C=O) groups excluding carboxylic acids is 1. The Balaban J connectivity index is 1.91. The molecule has 21 heavy (non-hydrogen) atoms. The number of rotatable bonds is 3. The SMILES string of the molecule is CNc1nc(C(=O)NC2CCOC2C)cc2ccccc12. The highest BCUT2D eigenvalue weighted by Crippen LogP contribution is 2.22. The predicted molar refractivity (Wildman–Crippen MR) is 82.6 cm³/mol. The summed E-state index contributed by atoms with van der Waals surface area (Å²) in [5.74, 6) is 0.563. The molecule has 0 bridgehead atoms. The summed E-state index contributed by atoms with van der Waals surface area (Å²) >= 11 is 0. The molecule has 1 fully saturated rings. The number of hydrogen-bond acceptors (Lipinski definition) is 4. The van der Waals surface area contributed by atoms with E-state index in [-0.39, 0.29) is 18.1 Å². The Morgan fingerprint density at radius 3 is 2.90 bits per heavy atom. The van der Waals surface area contributed by atoms with Crippen LogP contribution in [0.5, 0.6) is 0 Å². The minimum absolute atomic E-state index is 0.0539. The molecule has 1 saturated heterocycles. The molecule has 0 saturated carbocycles. The van der Waals surface area contributed by atoms with Crippen LogP contribution < -0.4 is 10.6 Å². The fourth-order valence-electron chi connectivity index (χ4n) is 2.67. The molecule has 0 aliphatic carbocycles. The highest BCUT2D eigenvalue weighted by Gasteiger charge is 2.26. The maximum absolute atomic E-state index is 12.4. The first-order chi connectivity index (χ1) is 10.2. The maximum atomic E-state index is 12.4. The molecule has 1 aromatic carbocycles. The topological polar surface area (TPSA) is 63.2 Å². The highest BCUT2D eigenvalue weighted by atomic mass is 16.5. The molecular formula is C16H19N3O2. The third kappa shape index (κ3) is 2.69. The first-order valence-electron chi connectivity index (χ1n) is 7.19.